The Bertz CT molecular complexity index is 444. The van der Waals surface area contributed by atoms with E-state index in [0.717, 1.165) is 58.8 Å². The van der Waals surface area contributed by atoms with E-state index < -0.39 is 0 Å². The minimum atomic E-state index is 0. The zero-order valence-electron chi connectivity index (χ0n) is 13.2. The molecule has 0 radical (unpaired) electrons. The van der Waals surface area contributed by atoms with Gasteiger partial charge in [0.25, 0.3) is 0 Å². The van der Waals surface area contributed by atoms with E-state index in [9.17, 15) is 0 Å². The molecule has 3 N–H and O–H groups in total. The predicted molar refractivity (Wildman–Crippen MR) is 98.7 cm³/mol. The molecule has 0 amide bonds. The average Bonchev–Trinajstić information content (AvgIpc) is 2.90. The first-order valence-corrected chi connectivity index (χ1v) is 7.55. The summed E-state index contributed by atoms with van der Waals surface area (Å²) in [7, 11) is 1.92. The molecule has 8 heteroatoms. The fourth-order valence-electron chi connectivity index (χ4n) is 2.31. The Labute approximate surface area is 149 Å². The van der Waals surface area contributed by atoms with E-state index >= 15 is 0 Å². The van der Waals surface area contributed by atoms with Crippen LogP contribution in [0.15, 0.2) is 17.4 Å². The van der Waals surface area contributed by atoms with Gasteiger partial charge in [-0.15, -0.1) is 24.0 Å². The zero-order valence-corrected chi connectivity index (χ0v) is 15.5. The molecular weight excluding hydrogens is 395 g/mol. The van der Waals surface area contributed by atoms with Gasteiger partial charge in [0.2, 0.25) is 0 Å². The van der Waals surface area contributed by atoms with Gasteiger partial charge in [-0.25, -0.2) is 0 Å². The van der Waals surface area contributed by atoms with Crippen molar-refractivity contribution >= 4 is 29.9 Å². The number of ether oxygens (including phenoxy) is 1. The van der Waals surface area contributed by atoms with E-state index in [1.807, 2.05) is 19.4 Å². The van der Waals surface area contributed by atoms with E-state index in [0.29, 0.717) is 5.96 Å². The van der Waals surface area contributed by atoms with Crippen LogP contribution in [-0.4, -0.2) is 66.6 Å². The maximum absolute atomic E-state index is 5.85. The highest BCUT2D eigenvalue weighted by Crippen LogP contribution is 1.98. The number of aliphatic imine (C=N–C) groups is 1. The third kappa shape index (κ3) is 7.41. The highest BCUT2D eigenvalue weighted by atomic mass is 127. The van der Waals surface area contributed by atoms with Gasteiger partial charge in [0.15, 0.2) is 5.96 Å². The van der Waals surface area contributed by atoms with Gasteiger partial charge in [-0.2, -0.15) is 5.10 Å². The maximum atomic E-state index is 5.85. The van der Waals surface area contributed by atoms with Crippen molar-refractivity contribution in [2.75, 3.05) is 45.9 Å². The third-order valence-electron chi connectivity index (χ3n) is 3.50. The fourth-order valence-corrected chi connectivity index (χ4v) is 2.31. The maximum Gasteiger partial charge on any atom is 0.188 e. The molecule has 0 spiro atoms. The van der Waals surface area contributed by atoms with Crippen LogP contribution in [-0.2, 0) is 18.2 Å². The van der Waals surface area contributed by atoms with E-state index in [2.05, 4.69) is 20.3 Å². The summed E-state index contributed by atoms with van der Waals surface area (Å²) < 4.78 is 7.13. The zero-order chi connectivity index (χ0) is 14.9. The number of aromatic nitrogens is 2. The summed E-state index contributed by atoms with van der Waals surface area (Å²) in [5.74, 6) is 0.529. The Kier molecular flexibility index (Phi) is 9.41. The molecule has 22 heavy (non-hydrogen) atoms. The molecule has 1 fully saturated rings. The summed E-state index contributed by atoms with van der Waals surface area (Å²) in [5, 5.41) is 7.27. The summed E-state index contributed by atoms with van der Waals surface area (Å²) in [4.78, 5) is 6.76. The number of hydrogen-bond donors (Lipinski definition) is 2. The first-order chi connectivity index (χ1) is 10.2. The monoisotopic (exact) mass is 422 g/mol. The first-order valence-electron chi connectivity index (χ1n) is 7.55. The van der Waals surface area contributed by atoms with Gasteiger partial charge in [0.1, 0.15) is 0 Å². The molecule has 2 rings (SSSR count). The van der Waals surface area contributed by atoms with Crippen molar-refractivity contribution in [2.45, 2.75) is 12.8 Å². The molecule has 1 aromatic rings. The minimum Gasteiger partial charge on any atom is -0.379 e. The molecule has 0 atom stereocenters. The molecular formula is C14H27IN6O. The van der Waals surface area contributed by atoms with Gasteiger partial charge in [-0.3, -0.25) is 14.6 Å². The summed E-state index contributed by atoms with van der Waals surface area (Å²) in [5.41, 5.74) is 7.05. The van der Waals surface area contributed by atoms with E-state index in [4.69, 9.17) is 10.5 Å². The van der Waals surface area contributed by atoms with Gasteiger partial charge >= 0.3 is 0 Å². The van der Waals surface area contributed by atoms with Gasteiger partial charge < -0.3 is 15.8 Å². The number of guanidine groups is 1. The first kappa shape index (κ1) is 19.2. The Morgan fingerprint density at radius 3 is 2.91 bits per heavy atom. The van der Waals surface area contributed by atoms with Crippen molar-refractivity contribution in [1.82, 2.24) is 20.0 Å². The van der Waals surface area contributed by atoms with Gasteiger partial charge in [-0.1, -0.05) is 0 Å². The van der Waals surface area contributed by atoms with E-state index in [1.54, 1.807) is 4.68 Å². The highest BCUT2D eigenvalue weighted by Gasteiger charge is 2.08. The van der Waals surface area contributed by atoms with Crippen molar-refractivity contribution in [2.24, 2.45) is 17.8 Å². The van der Waals surface area contributed by atoms with Crippen molar-refractivity contribution in [3.05, 3.63) is 18.0 Å². The topological polar surface area (TPSA) is 80.7 Å². The number of halogens is 1. The molecule has 1 saturated heterocycles. The second kappa shape index (κ2) is 10.8. The lowest BCUT2D eigenvalue weighted by Crippen LogP contribution is -2.37. The van der Waals surface area contributed by atoms with Crippen LogP contribution in [0.25, 0.3) is 0 Å². The molecule has 1 aliphatic rings. The van der Waals surface area contributed by atoms with Crippen LogP contribution in [0.1, 0.15) is 12.0 Å². The van der Waals surface area contributed by atoms with Crippen LogP contribution >= 0.6 is 24.0 Å². The number of nitrogens with two attached hydrogens (primary N) is 1. The molecule has 2 heterocycles. The molecule has 0 unspecified atom stereocenters. The lowest BCUT2D eigenvalue weighted by Gasteiger charge is -2.26. The van der Waals surface area contributed by atoms with Crippen LogP contribution in [0.4, 0.5) is 0 Å². The van der Waals surface area contributed by atoms with Crippen molar-refractivity contribution in [1.29, 1.82) is 0 Å². The van der Waals surface area contributed by atoms with Crippen LogP contribution in [0.5, 0.6) is 0 Å². The molecule has 1 aromatic heterocycles. The largest absolute Gasteiger partial charge is 0.379 e. The predicted octanol–water partition coefficient (Wildman–Crippen LogP) is 0.207. The van der Waals surface area contributed by atoms with Crippen LogP contribution in [0.2, 0.25) is 0 Å². The summed E-state index contributed by atoms with van der Waals surface area (Å²) >= 11 is 0. The normalized spacial score (nSPS) is 16.3. The van der Waals surface area contributed by atoms with Gasteiger partial charge in [-0.05, 0) is 18.4 Å². The molecule has 7 nitrogen and oxygen atoms in total. The lowest BCUT2D eigenvalue weighted by molar-refractivity contribution is 0.0377. The molecule has 126 valence electrons. The molecule has 0 bridgehead atoms. The Morgan fingerprint density at radius 2 is 2.23 bits per heavy atom. The summed E-state index contributed by atoms with van der Waals surface area (Å²) in [6.45, 7) is 6.37. The third-order valence-corrected chi connectivity index (χ3v) is 3.50. The van der Waals surface area contributed by atoms with E-state index in [-0.39, 0.29) is 24.0 Å². The summed E-state index contributed by atoms with van der Waals surface area (Å²) in [6.07, 6.45) is 5.82. The van der Waals surface area contributed by atoms with Gasteiger partial charge in [0.05, 0.1) is 19.4 Å². The van der Waals surface area contributed by atoms with Crippen molar-refractivity contribution in [3.8, 4) is 0 Å². The van der Waals surface area contributed by atoms with Crippen LogP contribution in [0, 0.1) is 0 Å². The molecule has 0 aromatic carbocycles. The Morgan fingerprint density at radius 1 is 1.45 bits per heavy atom. The van der Waals surface area contributed by atoms with Crippen molar-refractivity contribution < 1.29 is 4.74 Å². The number of hydrogen-bond acceptors (Lipinski definition) is 4. The number of morpholine rings is 1. The fraction of sp³-hybridized carbons (Fsp3) is 0.714. The number of nitrogens with zero attached hydrogens (tertiary/aromatic N) is 4. The lowest BCUT2D eigenvalue weighted by atomic mass is 10.2. The van der Waals surface area contributed by atoms with Crippen LogP contribution in [0.3, 0.4) is 0 Å². The Balaban J connectivity index is 0.00000242. The Hall–Kier alpha value is -0.870. The standard InChI is InChI=1S/C14H26N6O.HI/c1-19-12-13(11-18-19)3-5-17-14(15)16-4-2-6-20-7-9-21-10-8-20;/h11-12H,2-10H2,1H3,(H3,15,16,17);1H. The second-order valence-electron chi connectivity index (χ2n) is 5.27. The number of nitrogens with one attached hydrogen (secondary N) is 1. The van der Waals surface area contributed by atoms with E-state index in [1.165, 1.54) is 5.56 Å². The van der Waals surface area contributed by atoms with Crippen molar-refractivity contribution in [3.63, 3.8) is 0 Å². The van der Waals surface area contributed by atoms with Gasteiger partial charge in [0, 0.05) is 46.0 Å². The minimum absolute atomic E-state index is 0. The summed E-state index contributed by atoms with van der Waals surface area (Å²) in [6, 6.07) is 0. The van der Waals surface area contributed by atoms with Crippen LogP contribution < -0.4 is 11.1 Å². The second-order valence-corrected chi connectivity index (χ2v) is 5.27. The molecule has 1 aliphatic heterocycles. The number of rotatable bonds is 7. The molecule has 0 saturated carbocycles. The highest BCUT2D eigenvalue weighted by molar-refractivity contribution is 14.0. The number of aryl methyl sites for hydroxylation is 1. The smallest absolute Gasteiger partial charge is 0.188 e. The SMILES string of the molecule is Cn1cc(CCNC(N)=NCCCN2CCOCC2)cn1.I. The molecule has 0 aliphatic carbocycles. The quantitative estimate of drug-likeness (QED) is 0.284. The average molecular weight is 422 g/mol.